The van der Waals surface area contributed by atoms with E-state index in [2.05, 4.69) is 0 Å². The lowest BCUT2D eigenvalue weighted by Gasteiger charge is -2.19. The van der Waals surface area contributed by atoms with Gasteiger partial charge < -0.3 is 15.2 Å². The molecule has 1 heterocycles. The zero-order valence-electron chi connectivity index (χ0n) is 11.3. The molecular formula is C13H20N2O4S. The molecule has 0 saturated carbocycles. The van der Waals surface area contributed by atoms with Crippen LogP contribution in [-0.2, 0) is 14.8 Å². The third-order valence-corrected chi connectivity index (χ3v) is 4.90. The summed E-state index contributed by atoms with van der Waals surface area (Å²) in [6.45, 7) is 2.14. The maximum absolute atomic E-state index is 12.2. The number of anilines is 1. The number of nitrogen functional groups attached to an aromatic ring is 1. The summed E-state index contributed by atoms with van der Waals surface area (Å²) < 4.78 is 36.5. The van der Waals surface area contributed by atoms with E-state index in [-0.39, 0.29) is 12.4 Å². The highest BCUT2D eigenvalue weighted by molar-refractivity contribution is 7.89. The van der Waals surface area contributed by atoms with E-state index in [1.165, 1.54) is 4.31 Å². The average molecular weight is 300 g/mol. The molecule has 1 aromatic rings. The Morgan fingerprint density at radius 1 is 1.20 bits per heavy atom. The van der Waals surface area contributed by atoms with E-state index < -0.39 is 10.0 Å². The third kappa shape index (κ3) is 4.36. The molecule has 1 aliphatic rings. The lowest BCUT2D eigenvalue weighted by atomic mass is 10.3. The van der Waals surface area contributed by atoms with Crippen molar-refractivity contribution < 1.29 is 17.9 Å². The molecule has 1 aromatic carbocycles. The predicted octanol–water partition coefficient (Wildman–Crippen LogP) is 0.700. The van der Waals surface area contributed by atoms with Crippen molar-refractivity contribution in [2.45, 2.75) is 6.42 Å². The van der Waals surface area contributed by atoms with Crippen molar-refractivity contribution in [3.63, 3.8) is 0 Å². The molecule has 6 nitrogen and oxygen atoms in total. The molecule has 0 radical (unpaired) electrons. The minimum absolute atomic E-state index is 0.0304. The smallest absolute Gasteiger partial charge is 0.217 e. The fourth-order valence-corrected chi connectivity index (χ4v) is 3.27. The van der Waals surface area contributed by atoms with E-state index in [0.717, 1.165) is 6.42 Å². The molecule has 7 heteroatoms. The van der Waals surface area contributed by atoms with Crippen molar-refractivity contribution in [2.75, 3.05) is 44.4 Å². The van der Waals surface area contributed by atoms with Crippen LogP contribution in [0.4, 0.5) is 5.69 Å². The van der Waals surface area contributed by atoms with Crippen LogP contribution in [0, 0.1) is 0 Å². The summed E-state index contributed by atoms with van der Waals surface area (Å²) in [5.41, 5.74) is 6.21. The standard InChI is InChI=1S/C13H20N2O4S/c14-12-2-4-13(5-3-12)19-10-11-20(16,17)15-6-1-8-18-9-7-15/h2-5H,1,6-11,14H2. The number of hydrogen-bond acceptors (Lipinski definition) is 5. The zero-order chi connectivity index (χ0) is 14.4. The van der Waals surface area contributed by atoms with Crippen LogP contribution in [0.15, 0.2) is 24.3 Å². The number of sulfonamides is 1. The molecule has 0 aliphatic carbocycles. The second kappa shape index (κ2) is 6.92. The zero-order valence-corrected chi connectivity index (χ0v) is 12.1. The van der Waals surface area contributed by atoms with Gasteiger partial charge in [0, 0.05) is 25.4 Å². The van der Waals surface area contributed by atoms with Gasteiger partial charge in [-0.15, -0.1) is 0 Å². The van der Waals surface area contributed by atoms with Gasteiger partial charge in [0.2, 0.25) is 10.0 Å². The molecule has 0 bridgehead atoms. The minimum atomic E-state index is -3.28. The lowest BCUT2D eigenvalue weighted by Crippen LogP contribution is -2.36. The quantitative estimate of drug-likeness (QED) is 0.810. The van der Waals surface area contributed by atoms with Crippen LogP contribution < -0.4 is 10.5 Å². The van der Waals surface area contributed by atoms with Gasteiger partial charge >= 0.3 is 0 Å². The van der Waals surface area contributed by atoms with Gasteiger partial charge in [-0.1, -0.05) is 0 Å². The molecule has 2 N–H and O–H groups in total. The first-order valence-electron chi connectivity index (χ1n) is 6.62. The van der Waals surface area contributed by atoms with Gasteiger partial charge in [-0.2, -0.15) is 4.31 Å². The Hall–Kier alpha value is -1.31. The van der Waals surface area contributed by atoms with Gasteiger partial charge in [-0.25, -0.2) is 8.42 Å². The topological polar surface area (TPSA) is 81.9 Å². The first kappa shape index (κ1) is 15.1. The molecular weight excluding hydrogens is 280 g/mol. The van der Waals surface area contributed by atoms with Gasteiger partial charge in [-0.05, 0) is 30.7 Å². The van der Waals surface area contributed by atoms with E-state index in [4.69, 9.17) is 15.2 Å². The Morgan fingerprint density at radius 3 is 2.70 bits per heavy atom. The summed E-state index contributed by atoms with van der Waals surface area (Å²) in [6, 6.07) is 6.88. The van der Waals surface area contributed by atoms with Crippen LogP contribution in [0.25, 0.3) is 0 Å². The predicted molar refractivity (Wildman–Crippen MR) is 77.1 cm³/mol. The van der Waals surface area contributed by atoms with Crippen LogP contribution in [0.5, 0.6) is 5.75 Å². The summed E-state index contributed by atoms with van der Waals surface area (Å²) in [5, 5.41) is 0. The fraction of sp³-hybridized carbons (Fsp3) is 0.538. The first-order valence-corrected chi connectivity index (χ1v) is 8.23. The maximum Gasteiger partial charge on any atom is 0.217 e. The van der Waals surface area contributed by atoms with E-state index in [1.807, 2.05) is 0 Å². The fourth-order valence-electron chi connectivity index (χ4n) is 1.96. The van der Waals surface area contributed by atoms with Crippen molar-refractivity contribution >= 4 is 15.7 Å². The highest BCUT2D eigenvalue weighted by atomic mass is 32.2. The lowest BCUT2D eigenvalue weighted by molar-refractivity contribution is 0.148. The van der Waals surface area contributed by atoms with Crippen molar-refractivity contribution in [3.8, 4) is 5.75 Å². The SMILES string of the molecule is Nc1ccc(OCCS(=O)(=O)N2CCCOCC2)cc1. The van der Waals surface area contributed by atoms with Gasteiger partial charge in [0.25, 0.3) is 0 Å². The van der Waals surface area contributed by atoms with E-state index in [0.29, 0.717) is 37.7 Å². The number of nitrogens with zero attached hydrogens (tertiary/aromatic N) is 1. The molecule has 0 aromatic heterocycles. The summed E-state index contributed by atoms with van der Waals surface area (Å²) in [7, 11) is -3.28. The largest absolute Gasteiger partial charge is 0.492 e. The number of benzene rings is 1. The Morgan fingerprint density at radius 2 is 1.95 bits per heavy atom. The summed E-state index contributed by atoms with van der Waals surface area (Å²) >= 11 is 0. The molecule has 20 heavy (non-hydrogen) atoms. The van der Waals surface area contributed by atoms with Crippen molar-refractivity contribution in [1.29, 1.82) is 0 Å². The highest BCUT2D eigenvalue weighted by Crippen LogP contribution is 2.13. The Kier molecular flexibility index (Phi) is 5.22. The Labute approximate surface area is 119 Å². The van der Waals surface area contributed by atoms with Crippen molar-refractivity contribution in [2.24, 2.45) is 0 Å². The second-order valence-electron chi connectivity index (χ2n) is 4.60. The molecule has 0 atom stereocenters. The van der Waals surface area contributed by atoms with Crippen LogP contribution >= 0.6 is 0 Å². The van der Waals surface area contributed by atoms with Crippen LogP contribution in [0.1, 0.15) is 6.42 Å². The van der Waals surface area contributed by atoms with Crippen LogP contribution in [0.3, 0.4) is 0 Å². The average Bonchev–Trinajstić information content (AvgIpc) is 2.70. The van der Waals surface area contributed by atoms with Gasteiger partial charge in [-0.3, -0.25) is 0 Å². The molecule has 0 spiro atoms. The Balaban J connectivity index is 1.84. The minimum Gasteiger partial charge on any atom is -0.492 e. The number of rotatable bonds is 5. The van der Waals surface area contributed by atoms with E-state index in [9.17, 15) is 8.42 Å². The summed E-state index contributed by atoms with van der Waals surface area (Å²) in [4.78, 5) is 0. The second-order valence-corrected chi connectivity index (χ2v) is 6.69. The monoisotopic (exact) mass is 300 g/mol. The van der Waals surface area contributed by atoms with E-state index in [1.54, 1.807) is 24.3 Å². The molecule has 1 saturated heterocycles. The first-order chi connectivity index (χ1) is 9.58. The molecule has 0 amide bonds. The highest BCUT2D eigenvalue weighted by Gasteiger charge is 2.23. The molecule has 0 unspecified atom stereocenters. The van der Waals surface area contributed by atoms with E-state index >= 15 is 0 Å². The van der Waals surface area contributed by atoms with Gasteiger partial charge in [0.05, 0.1) is 12.4 Å². The summed E-state index contributed by atoms with van der Waals surface area (Å²) in [5.74, 6) is 0.589. The Bertz CT molecular complexity index is 508. The third-order valence-electron chi connectivity index (χ3n) is 3.06. The van der Waals surface area contributed by atoms with Crippen LogP contribution in [-0.4, -0.2) is 51.4 Å². The van der Waals surface area contributed by atoms with Crippen LogP contribution in [0.2, 0.25) is 0 Å². The normalized spacial score (nSPS) is 17.6. The maximum atomic E-state index is 12.2. The number of hydrogen-bond donors (Lipinski definition) is 1. The molecule has 112 valence electrons. The van der Waals surface area contributed by atoms with Crippen molar-refractivity contribution in [1.82, 2.24) is 4.31 Å². The molecule has 1 fully saturated rings. The van der Waals surface area contributed by atoms with Crippen molar-refractivity contribution in [3.05, 3.63) is 24.3 Å². The molecule has 1 aliphatic heterocycles. The molecule has 2 rings (SSSR count). The van der Waals surface area contributed by atoms with Gasteiger partial charge in [0.1, 0.15) is 12.4 Å². The number of nitrogens with two attached hydrogens (primary N) is 1. The summed E-state index contributed by atoms with van der Waals surface area (Å²) in [6.07, 6.45) is 0.734. The van der Waals surface area contributed by atoms with Gasteiger partial charge in [0.15, 0.2) is 0 Å². The number of ether oxygens (including phenoxy) is 2.